The molecule has 2 heterocycles. The molecule has 0 unspecified atom stereocenters. The van der Waals surface area contributed by atoms with Crippen molar-refractivity contribution >= 4 is 50.2 Å². The number of nitrogens with zero attached hydrogens (tertiary/aromatic N) is 1. The van der Waals surface area contributed by atoms with E-state index in [-0.39, 0.29) is 23.0 Å². The molecule has 142 valence electrons. The SMILES string of the molecule is O=C1C(=Cc2nc3sc(-c4ccccc4)cc3o2)C(=O)c2cc3ccccc3cc21. The van der Waals surface area contributed by atoms with Crippen molar-refractivity contribution < 1.29 is 14.0 Å². The molecule has 3 aromatic carbocycles. The van der Waals surface area contributed by atoms with Crippen molar-refractivity contribution in [1.82, 2.24) is 4.98 Å². The molecule has 0 radical (unpaired) electrons. The molecule has 0 bridgehead atoms. The fourth-order valence-corrected chi connectivity index (χ4v) is 4.79. The summed E-state index contributed by atoms with van der Waals surface area (Å²) in [7, 11) is 0. The highest BCUT2D eigenvalue weighted by atomic mass is 32.1. The fraction of sp³-hybridized carbons (Fsp3) is 0. The average molecular weight is 407 g/mol. The van der Waals surface area contributed by atoms with E-state index in [2.05, 4.69) is 4.98 Å². The third-order valence-corrected chi connectivity index (χ3v) is 6.36. The van der Waals surface area contributed by atoms with Gasteiger partial charge in [-0.1, -0.05) is 54.6 Å². The van der Waals surface area contributed by atoms with Crippen molar-refractivity contribution in [2.75, 3.05) is 0 Å². The summed E-state index contributed by atoms with van der Waals surface area (Å²) in [4.78, 5) is 32.1. The lowest BCUT2D eigenvalue weighted by atomic mass is 10.0. The van der Waals surface area contributed by atoms with Crippen LogP contribution in [0.3, 0.4) is 0 Å². The zero-order valence-electron chi connectivity index (χ0n) is 15.6. The highest BCUT2D eigenvalue weighted by molar-refractivity contribution is 7.21. The van der Waals surface area contributed by atoms with Crippen LogP contribution in [0.1, 0.15) is 26.6 Å². The third kappa shape index (κ3) is 2.56. The van der Waals surface area contributed by atoms with Crippen molar-refractivity contribution in [3.63, 3.8) is 0 Å². The predicted octanol–water partition coefficient (Wildman–Crippen LogP) is 6.17. The molecular weight excluding hydrogens is 394 g/mol. The van der Waals surface area contributed by atoms with Crippen molar-refractivity contribution in [1.29, 1.82) is 0 Å². The molecular formula is C25H13NO3S. The van der Waals surface area contributed by atoms with Gasteiger partial charge in [-0.2, -0.15) is 4.98 Å². The summed E-state index contributed by atoms with van der Waals surface area (Å²) in [6, 6.07) is 23.2. The van der Waals surface area contributed by atoms with E-state index in [9.17, 15) is 9.59 Å². The Morgan fingerprint density at radius 2 is 1.43 bits per heavy atom. The molecule has 5 heteroatoms. The van der Waals surface area contributed by atoms with Gasteiger partial charge >= 0.3 is 0 Å². The lowest BCUT2D eigenvalue weighted by molar-refractivity contribution is 0.0990. The van der Waals surface area contributed by atoms with Gasteiger partial charge in [-0.25, -0.2) is 0 Å². The summed E-state index contributed by atoms with van der Waals surface area (Å²) in [5, 5.41) is 1.87. The maximum Gasteiger partial charge on any atom is 0.221 e. The molecule has 0 atom stereocenters. The van der Waals surface area contributed by atoms with Crippen LogP contribution in [0.15, 0.2) is 82.8 Å². The lowest BCUT2D eigenvalue weighted by Gasteiger charge is -2.00. The maximum atomic E-state index is 12.9. The zero-order chi connectivity index (χ0) is 20.2. The van der Waals surface area contributed by atoms with Gasteiger partial charge in [0.25, 0.3) is 0 Å². The van der Waals surface area contributed by atoms with Crippen molar-refractivity contribution in [3.8, 4) is 10.4 Å². The molecule has 0 saturated carbocycles. The Balaban J connectivity index is 1.39. The van der Waals surface area contributed by atoms with Gasteiger partial charge in [-0.3, -0.25) is 9.59 Å². The van der Waals surface area contributed by atoms with Crippen molar-refractivity contribution in [2.45, 2.75) is 0 Å². The number of aromatic nitrogens is 1. The number of benzene rings is 3. The van der Waals surface area contributed by atoms with Gasteiger partial charge in [0.15, 0.2) is 22.0 Å². The molecule has 2 aromatic heterocycles. The second-order valence-corrected chi connectivity index (χ2v) is 8.19. The second kappa shape index (κ2) is 6.34. The fourth-order valence-electron chi connectivity index (χ4n) is 3.82. The van der Waals surface area contributed by atoms with Crippen LogP contribution in [0.25, 0.3) is 37.7 Å². The molecule has 4 nitrogen and oxygen atoms in total. The smallest absolute Gasteiger partial charge is 0.221 e. The van der Waals surface area contributed by atoms with E-state index < -0.39 is 0 Å². The number of carbonyl (C=O) groups is 2. The number of oxazole rings is 1. The first kappa shape index (κ1) is 17.1. The number of carbonyl (C=O) groups excluding carboxylic acids is 2. The number of hydrogen-bond acceptors (Lipinski definition) is 5. The Kier molecular flexibility index (Phi) is 3.60. The Hall–Kier alpha value is -3.83. The van der Waals surface area contributed by atoms with Crippen LogP contribution in [0, 0.1) is 0 Å². The van der Waals surface area contributed by atoms with Crippen molar-refractivity contribution in [3.05, 3.63) is 95.4 Å². The molecule has 1 aliphatic rings. The summed E-state index contributed by atoms with van der Waals surface area (Å²) < 4.78 is 5.82. The molecule has 0 spiro atoms. The summed E-state index contributed by atoms with van der Waals surface area (Å²) in [6.45, 7) is 0. The van der Waals surface area contributed by atoms with E-state index in [0.717, 1.165) is 26.0 Å². The number of rotatable bonds is 2. The molecule has 0 N–H and O–H groups in total. The second-order valence-electron chi connectivity index (χ2n) is 7.16. The van der Waals surface area contributed by atoms with Gasteiger partial charge in [0.05, 0.1) is 5.57 Å². The molecule has 0 saturated heterocycles. The van der Waals surface area contributed by atoms with E-state index in [1.54, 1.807) is 12.1 Å². The maximum absolute atomic E-state index is 12.9. The third-order valence-electron chi connectivity index (χ3n) is 5.30. The lowest BCUT2D eigenvalue weighted by Crippen LogP contribution is -2.00. The van der Waals surface area contributed by atoms with Crippen LogP contribution in [0.4, 0.5) is 0 Å². The highest BCUT2D eigenvalue weighted by Crippen LogP contribution is 2.35. The number of fused-ring (bicyclic) bond motifs is 3. The van der Waals surface area contributed by atoms with Gasteiger partial charge < -0.3 is 4.42 Å². The topological polar surface area (TPSA) is 60.2 Å². The van der Waals surface area contributed by atoms with Gasteiger partial charge in [0.2, 0.25) is 5.89 Å². The Labute approximate surface area is 175 Å². The predicted molar refractivity (Wildman–Crippen MR) is 118 cm³/mol. The average Bonchev–Trinajstić information content (AvgIpc) is 3.41. The first-order valence-electron chi connectivity index (χ1n) is 9.47. The minimum absolute atomic E-state index is 0.0949. The van der Waals surface area contributed by atoms with E-state index in [0.29, 0.717) is 16.7 Å². The first-order chi connectivity index (χ1) is 14.7. The number of ketones is 2. The van der Waals surface area contributed by atoms with Crippen LogP contribution in [-0.4, -0.2) is 16.6 Å². The zero-order valence-corrected chi connectivity index (χ0v) is 16.4. The van der Waals surface area contributed by atoms with E-state index in [1.165, 1.54) is 17.4 Å². The van der Waals surface area contributed by atoms with Gasteiger partial charge in [0, 0.05) is 28.1 Å². The van der Waals surface area contributed by atoms with Gasteiger partial charge in [0.1, 0.15) is 0 Å². The standard InChI is InChI=1S/C25H13NO3S/c27-23-17-10-15-8-4-5-9-16(15)11-18(17)24(28)19(23)12-22-26-25-20(29-22)13-21(30-25)14-6-2-1-3-7-14/h1-13H. The molecule has 0 aliphatic heterocycles. The molecule has 1 aliphatic carbocycles. The Morgan fingerprint density at radius 3 is 2.07 bits per heavy atom. The highest BCUT2D eigenvalue weighted by Gasteiger charge is 2.34. The van der Waals surface area contributed by atoms with Gasteiger partial charge in [-0.15, -0.1) is 11.3 Å². The number of thiophene rings is 1. The van der Waals surface area contributed by atoms with Crippen LogP contribution in [0.5, 0.6) is 0 Å². The minimum atomic E-state index is -0.285. The first-order valence-corrected chi connectivity index (χ1v) is 10.3. The molecule has 6 rings (SSSR count). The molecule has 0 fully saturated rings. The number of Topliss-reactive ketones (excluding diaryl/α,β-unsaturated/α-hetero) is 2. The number of allylic oxidation sites excluding steroid dienone is 1. The minimum Gasteiger partial charge on any atom is -0.436 e. The molecule has 5 aromatic rings. The van der Waals surface area contributed by atoms with E-state index in [1.807, 2.05) is 60.7 Å². The monoisotopic (exact) mass is 407 g/mol. The molecule has 0 amide bonds. The van der Waals surface area contributed by atoms with Gasteiger partial charge in [-0.05, 0) is 28.5 Å². The summed E-state index contributed by atoms with van der Waals surface area (Å²) in [6.07, 6.45) is 1.46. The molecule has 30 heavy (non-hydrogen) atoms. The number of hydrogen-bond donors (Lipinski definition) is 0. The summed E-state index contributed by atoms with van der Waals surface area (Å²) in [5.41, 5.74) is 2.71. The normalized spacial score (nSPS) is 13.4. The summed E-state index contributed by atoms with van der Waals surface area (Å²) >= 11 is 1.52. The van der Waals surface area contributed by atoms with Crippen LogP contribution >= 0.6 is 11.3 Å². The van der Waals surface area contributed by atoms with Crippen LogP contribution in [-0.2, 0) is 0 Å². The van der Waals surface area contributed by atoms with E-state index in [4.69, 9.17) is 4.42 Å². The quantitative estimate of drug-likeness (QED) is 0.259. The van der Waals surface area contributed by atoms with Crippen molar-refractivity contribution in [2.24, 2.45) is 0 Å². The Bertz CT molecular complexity index is 1430. The largest absolute Gasteiger partial charge is 0.436 e. The van der Waals surface area contributed by atoms with Crippen LogP contribution in [0.2, 0.25) is 0 Å². The summed E-state index contributed by atoms with van der Waals surface area (Å²) in [5.74, 6) is -0.301. The van der Waals surface area contributed by atoms with E-state index >= 15 is 0 Å². The van der Waals surface area contributed by atoms with Crippen LogP contribution < -0.4 is 0 Å². The Morgan fingerprint density at radius 1 is 0.800 bits per heavy atom.